The standard InChI is InChI=1S/C18H22ClN3O5/c1-11(18(26)27)21(9-7-20-12(2)23)17(25)14-10-13(5-6-15(14)19)22-8-3-4-16(22)24/h5-6,10-11H,3-4,7-9H2,1-2H3,(H,20,23)(H,26,27). The Kier molecular flexibility index (Phi) is 6.79. The monoisotopic (exact) mass is 395 g/mol. The summed E-state index contributed by atoms with van der Waals surface area (Å²) < 4.78 is 0. The second-order valence-electron chi connectivity index (χ2n) is 6.31. The van der Waals surface area contributed by atoms with Gasteiger partial charge in [0.25, 0.3) is 5.91 Å². The molecule has 0 radical (unpaired) electrons. The summed E-state index contributed by atoms with van der Waals surface area (Å²) in [5.74, 6) is -2.06. The molecule has 0 spiro atoms. The Morgan fingerprint density at radius 2 is 2.07 bits per heavy atom. The normalized spacial score (nSPS) is 14.8. The molecule has 1 fully saturated rings. The van der Waals surface area contributed by atoms with Crippen LogP contribution in [0.5, 0.6) is 0 Å². The zero-order valence-electron chi connectivity index (χ0n) is 15.2. The van der Waals surface area contributed by atoms with Crippen LogP contribution in [0, 0.1) is 0 Å². The highest BCUT2D eigenvalue weighted by atomic mass is 35.5. The van der Waals surface area contributed by atoms with Crippen LogP contribution in [0.3, 0.4) is 0 Å². The van der Waals surface area contributed by atoms with Gasteiger partial charge in [0.1, 0.15) is 6.04 Å². The third-order valence-corrected chi connectivity index (χ3v) is 4.71. The zero-order valence-corrected chi connectivity index (χ0v) is 16.0. The molecule has 1 aromatic rings. The lowest BCUT2D eigenvalue weighted by atomic mass is 10.1. The number of halogens is 1. The second-order valence-corrected chi connectivity index (χ2v) is 6.72. The number of carbonyl (C=O) groups excluding carboxylic acids is 3. The van der Waals surface area contributed by atoms with E-state index in [0.29, 0.717) is 18.7 Å². The fourth-order valence-corrected chi connectivity index (χ4v) is 3.08. The third kappa shape index (κ3) is 4.97. The lowest BCUT2D eigenvalue weighted by Gasteiger charge is -2.27. The molecule has 2 rings (SSSR count). The van der Waals surface area contributed by atoms with Crippen molar-refractivity contribution in [3.63, 3.8) is 0 Å². The highest BCUT2D eigenvalue weighted by molar-refractivity contribution is 6.34. The summed E-state index contributed by atoms with van der Waals surface area (Å²) >= 11 is 6.18. The summed E-state index contributed by atoms with van der Waals surface area (Å²) in [5, 5.41) is 12.0. The molecule has 0 bridgehead atoms. The average Bonchev–Trinajstić information content (AvgIpc) is 3.04. The van der Waals surface area contributed by atoms with Gasteiger partial charge in [0, 0.05) is 38.7 Å². The number of hydrogen-bond acceptors (Lipinski definition) is 4. The first-order chi connectivity index (χ1) is 12.7. The molecule has 1 aromatic carbocycles. The maximum atomic E-state index is 13.0. The maximum absolute atomic E-state index is 13.0. The fraction of sp³-hybridized carbons (Fsp3) is 0.444. The molecule has 0 aliphatic carbocycles. The lowest BCUT2D eigenvalue weighted by Crippen LogP contribution is -2.46. The van der Waals surface area contributed by atoms with Crippen molar-refractivity contribution in [1.82, 2.24) is 10.2 Å². The summed E-state index contributed by atoms with van der Waals surface area (Å²) in [6.45, 7) is 3.40. The average molecular weight is 396 g/mol. The van der Waals surface area contributed by atoms with Gasteiger partial charge in [-0.05, 0) is 31.5 Å². The van der Waals surface area contributed by atoms with Gasteiger partial charge in [0.05, 0.1) is 10.6 Å². The van der Waals surface area contributed by atoms with E-state index in [0.717, 1.165) is 11.3 Å². The van der Waals surface area contributed by atoms with Crippen molar-refractivity contribution in [3.05, 3.63) is 28.8 Å². The number of nitrogens with zero attached hydrogens (tertiary/aromatic N) is 2. The first-order valence-electron chi connectivity index (χ1n) is 8.60. The van der Waals surface area contributed by atoms with Crippen molar-refractivity contribution in [2.45, 2.75) is 32.7 Å². The quantitative estimate of drug-likeness (QED) is 0.727. The Balaban J connectivity index is 2.30. The van der Waals surface area contributed by atoms with Gasteiger partial charge < -0.3 is 20.2 Å². The van der Waals surface area contributed by atoms with E-state index in [4.69, 9.17) is 11.6 Å². The number of hydrogen-bond donors (Lipinski definition) is 2. The molecule has 1 atom stereocenters. The second kappa shape index (κ2) is 8.85. The number of carbonyl (C=O) groups is 4. The van der Waals surface area contributed by atoms with Gasteiger partial charge in [-0.1, -0.05) is 11.6 Å². The third-order valence-electron chi connectivity index (χ3n) is 4.38. The molecule has 1 saturated heterocycles. The Bertz CT molecular complexity index is 767. The van der Waals surface area contributed by atoms with Crippen molar-refractivity contribution in [2.75, 3.05) is 24.5 Å². The maximum Gasteiger partial charge on any atom is 0.326 e. The molecule has 1 unspecified atom stereocenters. The molecule has 146 valence electrons. The van der Waals surface area contributed by atoms with E-state index in [1.54, 1.807) is 11.0 Å². The van der Waals surface area contributed by atoms with Crippen molar-refractivity contribution in [2.24, 2.45) is 0 Å². The molecule has 1 aliphatic heterocycles. The Hall–Kier alpha value is -2.61. The summed E-state index contributed by atoms with van der Waals surface area (Å²) in [6, 6.07) is 3.57. The van der Waals surface area contributed by atoms with Gasteiger partial charge in [0.2, 0.25) is 11.8 Å². The van der Waals surface area contributed by atoms with Crippen molar-refractivity contribution in [1.29, 1.82) is 0 Å². The van der Waals surface area contributed by atoms with Crippen molar-refractivity contribution >= 4 is 41.0 Å². The zero-order chi connectivity index (χ0) is 20.1. The predicted molar refractivity (Wildman–Crippen MR) is 99.9 cm³/mol. The van der Waals surface area contributed by atoms with Gasteiger partial charge in [-0.3, -0.25) is 14.4 Å². The highest BCUT2D eigenvalue weighted by Gasteiger charge is 2.29. The van der Waals surface area contributed by atoms with Crippen LogP contribution in [0.25, 0.3) is 0 Å². The molecule has 2 N–H and O–H groups in total. The van der Waals surface area contributed by atoms with Crippen LogP contribution in [-0.4, -0.2) is 59.4 Å². The van der Waals surface area contributed by atoms with Gasteiger partial charge in [-0.25, -0.2) is 4.79 Å². The largest absolute Gasteiger partial charge is 0.480 e. The number of benzene rings is 1. The molecular weight excluding hydrogens is 374 g/mol. The van der Waals surface area contributed by atoms with Crippen molar-refractivity contribution in [3.8, 4) is 0 Å². The smallest absolute Gasteiger partial charge is 0.326 e. The van der Waals surface area contributed by atoms with Gasteiger partial charge >= 0.3 is 5.97 Å². The molecule has 27 heavy (non-hydrogen) atoms. The Labute approximate surface area is 162 Å². The number of carboxylic acid groups (broad SMARTS) is 1. The molecule has 0 saturated carbocycles. The number of aliphatic carboxylic acids is 1. The van der Waals surface area contributed by atoms with Gasteiger partial charge in [-0.15, -0.1) is 0 Å². The molecular formula is C18H22ClN3O5. The summed E-state index contributed by atoms with van der Waals surface area (Å²) in [4.78, 5) is 50.1. The number of nitrogens with one attached hydrogen (secondary N) is 1. The molecule has 1 aliphatic rings. The van der Waals surface area contributed by atoms with E-state index in [9.17, 15) is 24.3 Å². The van der Waals surface area contributed by atoms with E-state index >= 15 is 0 Å². The molecule has 9 heteroatoms. The minimum atomic E-state index is -1.17. The lowest BCUT2D eigenvalue weighted by molar-refractivity contribution is -0.141. The number of anilines is 1. The minimum absolute atomic E-state index is 0.00901. The Morgan fingerprint density at radius 1 is 1.37 bits per heavy atom. The van der Waals surface area contributed by atoms with Crippen LogP contribution >= 0.6 is 11.6 Å². The molecule has 3 amide bonds. The number of amides is 3. The van der Waals surface area contributed by atoms with E-state index in [2.05, 4.69) is 5.32 Å². The van der Waals surface area contributed by atoms with Gasteiger partial charge in [-0.2, -0.15) is 0 Å². The molecule has 8 nitrogen and oxygen atoms in total. The van der Waals surface area contributed by atoms with E-state index in [1.807, 2.05) is 0 Å². The summed E-state index contributed by atoms with van der Waals surface area (Å²) in [6.07, 6.45) is 1.19. The van der Waals surface area contributed by atoms with Crippen LogP contribution in [0.4, 0.5) is 5.69 Å². The number of rotatable bonds is 7. The minimum Gasteiger partial charge on any atom is -0.480 e. The van der Waals surface area contributed by atoms with Crippen molar-refractivity contribution < 1.29 is 24.3 Å². The van der Waals surface area contributed by atoms with Crippen LogP contribution in [0.1, 0.15) is 37.0 Å². The van der Waals surface area contributed by atoms with E-state index in [-0.39, 0.29) is 35.5 Å². The Morgan fingerprint density at radius 3 is 2.63 bits per heavy atom. The number of carboxylic acids is 1. The first kappa shape index (κ1) is 20.7. The first-order valence-corrected chi connectivity index (χ1v) is 8.98. The van der Waals surface area contributed by atoms with Crippen LogP contribution < -0.4 is 10.2 Å². The predicted octanol–water partition coefficient (Wildman–Crippen LogP) is 1.52. The summed E-state index contributed by atoms with van der Waals surface area (Å²) in [5.41, 5.74) is 0.667. The van der Waals surface area contributed by atoms with E-state index in [1.165, 1.54) is 26.0 Å². The highest BCUT2D eigenvalue weighted by Crippen LogP contribution is 2.28. The van der Waals surface area contributed by atoms with Crippen LogP contribution in [0.2, 0.25) is 5.02 Å². The molecule has 0 aromatic heterocycles. The topological polar surface area (TPSA) is 107 Å². The summed E-state index contributed by atoms with van der Waals surface area (Å²) in [7, 11) is 0. The fourth-order valence-electron chi connectivity index (χ4n) is 2.88. The SMILES string of the molecule is CC(=O)NCCN(C(=O)c1cc(N2CCCC2=O)ccc1Cl)C(C)C(=O)O. The van der Waals surface area contributed by atoms with Gasteiger partial charge in [0.15, 0.2) is 0 Å². The van der Waals surface area contributed by atoms with Crippen LogP contribution in [-0.2, 0) is 14.4 Å². The van der Waals surface area contributed by atoms with Crippen LogP contribution in [0.15, 0.2) is 18.2 Å². The van der Waals surface area contributed by atoms with E-state index < -0.39 is 17.9 Å². The molecule has 1 heterocycles.